The van der Waals surface area contributed by atoms with Crippen LogP contribution in [0.25, 0.3) is 0 Å². The fourth-order valence-corrected chi connectivity index (χ4v) is 1.39. The third kappa shape index (κ3) is 1.42. The zero-order valence-corrected chi connectivity index (χ0v) is 7.08. The Hall–Kier alpha value is -1.72. The van der Waals surface area contributed by atoms with E-state index in [-0.39, 0.29) is 5.91 Å². The summed E-state index contributed by atoms with van der Waals surface area (Å²) in [5.41, 5.74) is 6.43. The summed E-state index contributed by atoms with van der Waals surface area (Å²) in [6.45, 7) is 1.78. The van der Waals surface area contributed by atoms with E-state index in [1.165, 1.54) is 0 Å². The van der Waals surface area contributed by atoms with E-state index in [4.69, 9.17) is 5.73 Å². The van der Waals surface area contributed by atoms with Gasteiger partial charge in [-0.1, -0.05) is 0 Å². The highest BCUT2D eigenvalue weighted by Gasteiger charge is 2.18. The van der Waals surface area contributed by atoms with Crippen LogP contribution < -0.4 is 16.0 Å². The normalized spacial score (nSPS) is 17.2. The number of nitrogens with two attached hydrogens (primary N) is 1. The van der Waals surface area contributed by atoms with Gasteiger partial charge in [-0.25, -0.2) is 0 Å². The number of aromatic amines is 1. The Morgan fingerprint density at radius 2 is 2.46 bits per heavy atom. The minimum atomic E-state index is 0.0202. The number of nitrogens with one attached hydrogen (secondary N) is 2. The molecule has 2 heterocycles. The fraction of sp³-hybridized carbons (Fsp3) is 0.429. The number of anilines is 2. The lowest BCUT2D eigenvalue weighted by molar-refractivity contribution is -0.120. The van der Waals surface area contributed by atoms with Crippen LogP contribution in [-0.4, -0.2) is 35.7 Å². The molecular formula is C7H11N5O. The van der Waals surface area contributed by atoms with Gasteiger partial charge in [0.05, 0.1) is 18.4 Å². The number of nitrogen functional groups attached to an aromatic ring is 1. The lowest BCUT2D eigenvalue weighted by Gasteiger charge is -2.27. The van der Waals surface area contributed by atoms with Crippen molar-refractivity contribution in [2.24, 2.45) is 0 Å². The van der Waals surface area contributed by atoms with Crippen LogP contribution in [0.2, 0.25) is 0 Å². The van der Waals surface area contributed by atoms with Gasteiger partial charge in [-0.15, -0.1) is 0 Å². The highest BCUT2D eigenvalue weighted by atomic mass is 16.2. The van der Waals surface area contributed by atoms with Crippen LogP contribution in [0.5, 0.6) is 0 Å². The van der Waals surface area contributed by atoms with Gasteiger partial charge in [0, 0.05) is 13.1 Å². The molecule has 1 amide bonds. The smallest absolute Gasteiger partial charge is 0.239 e. The molecule has 6 heteroatoms. The van der Waals surface area contributed by atoms with Crippen LogP contribution in [0, 0.1) is 0 Å². The summed E-state index contributed by atoms with van der Waals surface area (Å²) >= 11 is 0. The van der Waals surface area contributed by atoms with E-state index in [9.17, 15) is 4.79 Å². The second kappa shape index (κ2) is 2.96. The van der Waals surface area contributed by atoms with E-state index in [0.29, 0.717) is 18.9 Å². The van der Waals surface area contributed by atoms with Gasteiger partial charge in [-0.3, -0.25) is 9.89 Å². The van der Waals surface area contributed by atoms with Crippen molar-refractivity contribution in [2.45, 2.75) is 0 Å². The molecule has 1 fully saturated rings. The molecule has 4 N–H and O–H groups in total. The van der Waals surface area contributed by atoms with Crippen LogP contribution in [0.1, 0.15) is 0 Å². The quantitative estimate of drug-likeness (QED) is 0.514. The molecule has 13 heavy (non-hydrogen) atoms. The summed E-state index contributed by atoms with van der Waals surface area (Å²) in [6, 6.07) is 0. The van der Waals surface area contributed by atoms with Gasteiger partial charge in [0.2, 0.25) is 5.91 Å². The maximum atomic E-state index is 11.1. The number of piperazine rings is 1. The van der Waals surface area contributed by atoms with E-state index >= 15 is 0 Å². The topological polar surface area (TPSA) is 87.0 Å². The Morgan fingerprint density at radius 1 is 1.62 bits per heavy atom. The van der Waals surface area contributed by atoms with Gasteiger partial charge in [0.25, 0.3) is 0 Å². The molecule has 0 radical (unpaired) electrons. The standard InChI is InChI=1S/C7H11N5O/c8-7-5(3-10-11-7)12-2-1-9-6(13)4-12/h3H,1-2,4H2,(H,9,13)(H3,8,10,11). The molecule has 70 valence electrons. The number of aromatic nitrogens is 2. The van der Waals surface area contributed by atoms with Gasteiger partial charge in [-0.2, -0.15) is 5.10 Å². The molecule has 1 saturated heterocycles. The minimum absolute atomic E-state index is 0.0202. The summed E-state index contributed by atoms with van der Waals surface area (Å²) in [4.78, 5) is 13.0. The first-order valence-electron chi connectivity index (χ1n) is 4.08. The number of amides is 1. The first kappa shape index (κ1) is 7.90. The number of H-pyrrole nitrogens is 1. The van der Waals surface area contributed by atoms with Crippen LogP contribution in [0.3, 0.4) is 0 Å². The first-order valence-corrected chi connectivity index (χ1v) is 4.08. The van der Waals surface area contributed by atoms with E-state index in [2.05, 4.69) is 15.5 Å². The second-order valence-electron chi connectivity index (χ2n) is 2.94. The average Bonchev–Trinajstić information content (AvgIpc) is 2.51. The van der Waals surface area contributed by atoms with Gasteiger partial charge in [0.15, 0.2) is 0 Å². The predicted molar refractivity (Wildman–Crippen MR) is 48.2 cm³/mol. The predicted octanol–water partition coefficient (Wildman–Crippen LogP) is -1.07. The molecule has 0 bridgehead atoms. The summed E-state index contributed by atoms with van der Waals surface area (Å²) in [6.07, 6.45) is 1.63. The number of nitrogens with zero attached hydrogens (tertiary/aromatic N) is 2. The van der Waals surface area contributed by atoms with E-state index in [0.717, 1.165) is 12.2 Å². The minimum Gasteiger partial charge on any atom is -0.382 e. The van der Waals surface area contributed by atoms with Crippen molar-refractivity contribution in [3.63, 3.8) is 0 Å². The van der Waals surface area contributed by atoms with Crippen LogP contribution in [0.15, 0.2) is 6.20 Å². The molecule has 0 aliphatic carbocycles. The lowest BCUT2D eigenvalue weighted by atomic mass is 10.3. The molecule has 1 aromatic heterocycles. The second-order valence-corrected chi connectivity index (χ2v) is 2.94. The Balaban J connectivity index is 2.17. The summed E-state index contributed by atoms with van der Waals surface area (Å²) in [5.74, 6) is 0.529. The summed E-state index contributed by atoms with van der Waals surface area (Å²) in [7, 11) is 0. The molecule has 1 aliphatic heterocycles. The zero-order chi connectivity index (χ0) is 9.26. The van der Waals surface area contributed by atoms with E-state index < -0.39 is 0 Å². The van der Waals surface area contributed by atoms with Gasteiger partial charge < -0.3 is 16.0 Å². The Morgan fingerprint density at radius 3 is 3.08 bits per heavy atom. The Kier molecular flexibility index (Phi) is 1.80. The van der Waals surface area contributed by atoms with E-state index in [1.807, 2.05) is 4.90 Å². The van der Waals surface area contributed by atoms with Crippen molar-refractivity contribution in [1.29, 1.82) is 0 Å². The highest BCUT2D eigenvalue weighted by molar-refractivity contribution is 5.83. The SMILES string of the molecule is Nc1[nH]ncc1N1CCNC(=O)C1. The van der Waals surface area contributed by atoms with Crippen LogP contribution >= 0.6 is 0 Å². The maximum Gasteiger partial charge on any atom is 0.239 e. The Labute approximate surface area is 75.1 Å². The number of hydrogen-bond donors (Lipinski definition) is 3. The van der Waals surface area contributed by atoms with Crippen molar-refractivity contribution >= 4 is 17.4 Å². The van der Waals surface area contributed by atoms with Crippen molar-refractivity contribution in [1.82, 2.24) is 15.5 Å². The summed E-state index contributed by atoms with van der Waals surface area (Å²) in [5, 5.41) is 9.18. The van der Waals surface area contributed by atoms with Crippen LogP contribution in [-0.2, 0) is 4.79 Å². The lowest BCUT2D eigenvalue weighted by Crippen LogP contribution is -2.47. The fourth-order valence-electron chi connectivity index (χ4n) is 1.39. The van der Waals surface area contributed by atoms with Crippen LogP contribution in [0.4, 0.5) is 11.5 Å². The van der Waals surface area contributed by atoms with E-state index in [1.54, 1.807) is 6.20 Å². The number of carbonyl (C=O) groups is 1. The molecule has 0 atom stereocenters. The molecule has 0 saturated carbocycles. The number of rotatable bonds is 1. The molecular weight excluding hydrogens is 170 g/mol. The molecule has 6 nitrogen and oxygen atoms in total. The van der Waals surface area contributed by atoms with Crippen molar-refractivity contribution in [3.8, 4) is 0 Å². The largest absolute Gasteiger partial charge is 0.382 e. The molecule has 0 spiro atoms. The summed E-state index contributed by atoms with van der Waals surface area (Å²) < 4.78 is 0. The van der Waals surface area contributed by atoms with Crippen molar-refractivity contribution in [3.05, 3.63) is 6.20 Å². The monoisotopic (exact) mass is 181 g/mol. The van der Waals surface area contributed by atoms with Crippen molar-refractivity contribution in [2.75, 3.05) is 30.3 Å². The molecule has 0 unspecified atom stereocenters. The highest BCUT2D eigenvalue weighted by Crippen LogP contribution is 2.19. The molecule has 0 aromatic carbocycles. The van der Waals surface area contributed by atoms with Gasteiger partial charge in [-0.05, 0) is 0 Å². The average molecular weight is 181 g/mol. The van der Waals surface area contributed by atoms with Gasteiger partial charge >= 0.3 is 0 Å². The zero-order valence-electron chi connectivity index (χ0n) is 7.08. The first-order chi connectivity index (χ1) is 6.27. The molecule has 2 rings (SSSR count). The third-order valence-corrected chi connectivity index (χ3v) is 2.03. The molecule has 1 aliphatic rings. The van der Waals surface area contributed by atoms with Gasteiger partial charge in [0.1, 0.15) is 5.82 Å². The number of hydrogen-bond acceptors (Lipinski definition) is 4. The van der Waals surface area contributed by atoms with Crippen molar-refractivity contribution < 1.29 is 4.79 Å². The maximum absolute atomic E-state index is 11.1. The molecule has 1 aromatic rings. The number of carbonyl (C=O) groups excluding carboxylic acids is 1. The Bertz CT molecular complexity index is 320. The third-order valence-electron chi connectivity index (χ3n) is 2.03.